The summed E-state index contributed by atoms with van der Waals surface area (Å²) in [6.45, 7) is 1.98. The molecule has 1 aliphatic carbocycles. The van der Waals surface area contributed by atoms with Gasteiger partial charge in [-0.05, 0) is 55.7 Å². The second-order valence-corrected chi connectivity index (χ2v) is 10.5. The zero-order valence-electron chi connectivity index (χ0n) is 18.0. The summed E-state index contributed by atoms with van der Waals surface area (Å²) in [6, 6.07) is 15.1. The second kappa shape index (κ2) is 8.77. The van der Waals surface area contributed by atoms with Gasteiger partial charge in [0.2, 0.25) is 0 Å². The highest BCUT2D eigenvalue weighted by Gasteiger charge is 2.61. The minimum Gasteiger partial charge on any atom is -0.296 e. The van der Waals surface area contributed by atoms with E-state index in [-0.39, 0.29) is 17.8 Å². The standard InChI is InChI=1S/C24H19BrClF3N4S/c1-2-18-19(21-31-32-22(34-21)23(12-5-13-23)24(27,28)29)30-20(16-6-3-4-7-17(16)26)33(18)15-10-8-14(25)9-11-15/h3-4,6-11H,2,5,12-13H2,1H3. The third kappa shape index (κ3) is 3.78. The molecule has 0 N–H and O–H groups in total. The molecule has 0 spiro atoms. The van der Waals surface area contributed by atoms with Crippen LogP contribution in [0.4, 0.5) is 13.2 Å². The van der Waals surface area contributed by atoms with Crippen molar-refractivity contribution in [1.29, 1.82) is 0 Å². The van der Waals surface area contributed by atoms with Crippen LogP contribution in [0.2, 0.25) is 5.02 Å². The third-order valence-corrected chi connectivity index (χ3v) is 8.29. The number of hydrogen-bond donors (Lipinski definition) is 0. The molecule has 1 saturated carbocycles. The monoisotopic (exact) mass is 566 g/mol. The van der Waals surface area contributed by atoms with Crippen LogP contribution in [0.15, 0.2) is 53.0 Å². The molecule has 0 bridgehead atoms. The van der Waals surface area contributed by atoms with Crippen LogP contribution in [0.5, 0.6) is 0 Å². The lowest BCUT2D eigenvalue weighted by atomic mass is 9.68. The molecule has 0 amide bonds. The molecule has 0 radical (unpaired) electrons. The highest BCUT2D eigenvalue weighted by molar-refractivity contribution is 9.10. The van der Waals surface area contributed by atoms with Crippen molar-refractivity contribution in [3.63, 3.8) is 0 Å². The Balaban J connectivity index is 1.71. The summed E-state index contributed by atoms with van der Waals surface area (Å²) in [5.41, 5.74) is 1.05. The number of imidazole rings is 1. The molecule has 0 saturated heterocycles. The molecule has 4 aromatic rings. The van der Waals surface area contributed by atoms with E-state index < -0.39 is 11.6 Å². The van der Waals surface area contributed by atoms with Crippen LogP contribution in [0.25, 0.3) is 27.8 Å². The van der Waals surface area contributed by atoms with Gasteiger partial charge in [-0.2, -0.15) is 13.2 Å². The molecule has 1 fully saturated rings. The van der Waals surface area contributed by atoms with Crippen LogP contribution < -0.4 is 0 Å². The first-order valence-corrected chi connectivity index (χ1v) is 12.8. The number of hydrogen-bond acceptors (Lipinski definition) is 4. The van der Waals surface area contributed by atoms with E-state index in [1.54, 1.807) is 6.07 Å². The van der Waals surface area contributed by atoms with E-state index in [0.717, 1.165) is 32.8 Å². The van der Waals surface area contributed by atoms with Gasteiger partial charge in [-0.3, -0.25) is 4.57 Å². The second-order valence-electron chi connectivity index (χ2n) is 8.22. The number of benzene rings is 2. The van der Waals surface area contributed by atoms with Gasteiger partial charge < -0.3 is 0 Å². The van der Waals surface area contributed by atoms with Crippen molar-refractivity contribution in [3.8, 4) is 27.8 Å². The van der Waals surface area contributed by atoms with Crippen LogP contribution in [0.3, 0.4) is 0 Å². The summed E-state index contributed by atoms with van der Waals surface area (Å²) in [7, 11) is 0. The summed E-state index contributed by atoms with van der Waals surface area (Å²) in [6.07, 6.45) is -3.14. The Bertz CT molecular complexity index is 1340. The quantitative estimate of drug-likeness (QED) is 0.245. The van der Waals surface area contributed by atoms with Crippen molar-refractivity contribution in [2.75, 3.05) is 0 Å². The Morgan fingerprint density at radius 3 is 2.38 bits per heavy atom. The molecule has 10 heteroatoms. The fourth-order valence-corrected chi connectivity index (χ4v) is 5.91. The van der Waals surface area contributed by atoms with E-state index in [1.807, 2.05) is 54.0 Å². The predicted molar refractivity (Wildman–Crippen MR) is 132 cm³/mol. The van der Waals surface area contributed by atoms with E-state index in [0.29, 0.717) is 34.4 Å². The zero-order chi connectivity index (χ0) is 24.1. The topological polar surface area (TPSA) is 43.6 Å². The van der Waals surface area contributed by atoms with Crippen molar-refractivity contribution >= 4 is 38.9 Å². The van der Waals surface area contributed by atoms with Crippen LogP contribution in [0.1, 0.15) is 36.9 Å². The van der Waals surface area contributed by atoms with Gasteiger partial charge in [0.05, 0.1) is 10.7 Å². The van der Waals surface area contributed by atoms with Crippen molar-refractivity contribution in [3.05, 3.63) is 68.7 Å². The van der Waals surface area contributed by atoms with Crippen LogP contribution in [-0.4, -0.2) is 25.9 Å². The molecule has 34 heavy (non-hydrogen) atoms. The van der Waals surface area contributed by atoms with Gasteiger partial charge in [-0.1, -0.05) is 64.3 Å². The molecule has 2 aromatic carbocycles. The van der Waals surface area contributed by atoms with E-state index >= 15 is 0 Å². The Morgan fingerprint density at radius 1 is 1.09 bits per heavy atom. The van der Waals surface area contributed by atoms with Gasteiger partial charge in [0.25, 0.3) is 0 Å². The Labute approximate surface area is 212 Å². The fraction of sp³-hybridized carbons (Fsp3) is 0.292. The minimum atomic E-state index is -4.35. The average molecular weight is 568 g/mol. The lowest BCUT2D eigenvalue weighted by Crippen LogP contribution is -2.47. The van der Waals surface area contributed by atoms with Gasteiger partial charge >= 0.3 is 6.18 Å². The molecule has 0 unspecified atom stereocenters. The van der Waals surface area contributed by atoms with Crippen molar-refractivity contribution in [2.24, 2.45) is 0 Å². The maximum absolute atomic E-state index is 13.9. The lowest BCUT2D eigenvalue weighted by molar-refractivity contribution is -0.212. The SMILES string of the molecule is CCc1c(-c2nnc(C3(C(F)(F)F)CCC3)s2)nc(-c2ccccc2Cl)n1-c1ccc(Br)cc1. The van der Waals surface area contributed by atoms with Crippen LogP contribution in [-0.2, 0) is 11.8 Å². The number of nitrogens with zero attached hydrogens (tertiary/aromatic N) is 4. The first-order valence-electron chi connectivity index (χ1n) is 10.8. The average Bonchev–Trinajstić information content (AvgIpc) is 3.38. The summed E-state index contributed by atoms with van der Waals surface area (Å²) in [5, 5.41) is 9.12. The highest BCUT2D eigenvalue weighted by atomic mass is 79.9. The highest BCUT2D eigenvalue weighted by Crippen LogP contribution is 2.55. The maximum atomic E-state index is 13.9. The van der Waals surface area contributed by atoms with E-state index in [1.165, 1.54) is 0 Å². The van der Waals surface area contributed by atoms with Crippen LogP contribution in [0, 0.1) is 0 Å². The Morgan fingerprint density at radius 2 is 1.79 bits per heavy atom. The van der Waals surface area contributed by atoms with Crippen molar-refractivity contribution in [1.82, 2.24) is 19.7 Å². The molecular formula is C24H19BrClF3N4S. The molecule has 2 heterocycles. The van der Waals surface area contributed by atoms with Gasteiger partial charge in [-0.25, -0.2) is 4.98 Å². The molecule has 2 aromatic heterocycles. The summed E-state index contributed by atoms with van der Waals surface area (Å²) in [4.78, 5) is 4.88. The van der Waals surface area contributed by atoms with Crippen molar-refractivity contribution < 1.29 is 13.2 Å². The number of alkyl halides is 3. The predicted octanol–water partition coefficient (Wildman–Crippen LogP) is 8.02. The third-order valence-electron chi connectivity index (χ3n) is 6.29. The molecule has 1 aliphatic rings. The van der Waals surface area contributed by atoms with Gasteiger partial charge in [-0.15, -0.1) is 10.2 Å². The molecule has 0 atom stereocenters. The molecule has 5 rings (SSSR count). The van der Waals surface area contributed by atoms with E-state index in [4.69, 9.17) is 16.6 Å². The lowest BCUT2D eigenvalue weighted by Gasteiger charge is -2.40. The number of rotatable bonds is 5. The number of halogens is 5. The minimum absolute atomic E-state index is 0.0146. The first kappa shape index (κ1) is 23.5. The fourth-order valence-electron chi connectivity index (χ4n) is 4.30. The molecular weight excluding hydrogens is 549 g/mol. The van der Waals surface area contributed by atoms with Gasteiger partial charge in [0, 0.05) is 15.7 Å². The number of aromatic nitrogens is 4. The van der Waals surface area contributed by atoms with Crippen LogP contribution >= 0.6 is 38.9 Å². The molecule has 0 aliphatic heterocycles. The van der Waals surface area contributed by atoms with Gasteiger partial charge in [0.15, 0.2) is 5.01 Å². The van der Waals surface area contributed by atoms with Crippen molar-refractivity contribution in [2.45, 2.75) is 44.2 Å². The maximum Gasteiger partial charge on any atom is 0.400 e. The Kier molecular flexibility index (Phi) is 6.06. The summed E-state index contributed by atoms with van der Waals surface area (Å²) < 4.78 is 44.6. The zero-order valence-corrected chi connectivity index (χ0v) is 21.2. The first-order chi connectivity index (χ1) is 16.2. The molecule has 176 valence electrons. The molecule has 4 nitrogen and oxygen atoms in total. The summed E-state index contributed by atoms with van der Waals surface area (Å²) in [5.74, 6) is 0.603. The normalized spacial score (nSPS) is 15.4. The smallest absolute Gasteiger partial charge is 0.296 e. The van der Waals surface area contributed by atoms with Gasteiger partial charge in [0.1, 0.15) is 21.9 Å². The Hall–Kier alpha value is -2.23. The largest absolute Gasteiger partial charge is 0.400 e. The van der Waals surface area contributed by atoms with E-state index in [9.17, 15) is 13.2 Å². The summed E-state index contributed by atoms with van der Waals surface area (Å²) >= 11 is 11.0. The van der Waals surface area contributed by atoms with E-state index in [2.05, 4.69) is 26.1 Å².